The predicted molar refractivity (Wildman–Crippen MR) is 98.9 cm³/mol. The molecule has 3 heteroatoms. The van der Waals surface area contributed by atoms with E-state index in [0.717, 1.165) is 32.1 Å². The lowest BCUT2D eigenvalue weighted by molar-refractivity contribution is -0.191. The van der Waals surface area contributed by atoms with Crippen LogP contribution in [0.15, 0.2) is 0 Å². The molecule has 0 aliphatic heterocycles. The van der Waals surface area contributed by atoms with Gasteiger partial charge in [-0.2, -0.15) is 0 Å². The van der Waals surface area contributed by atoms with Gasteiger partial charge in [0, 0.05) is 0 Å². The van der Waals surface area contributed by atoms with Crippen molar-refractivity contribution < 1.29 is 15.3 Å². The van der Waals surface area contributed by atoms with Gasteiger partial charge in [0.15, 0.2) is 0 Å². The van der Waals surface area contributed by atoms with E-state index in [1.54, 1.807) is 0 Å². The van der Waals surface area contributed by atoms with Crippen LogP contribution >= 0.6 is 0 Å². The standard InChI is InChI=1S/C22H38O3/c1-13(23)16-7-8-17-15-6-5-14-11-20(2,25)9-10-21(14,3)19(15)18(24)12-22(16,17)4/h13-19,23-25H,5-12H2,1-4H3/t13?,14-,15-,16+,17-,18?,19+,20+,21-,22+/m0/s1. The largest absolute Gasteiger partial charge is 0.393 e. The van der Waals surface area contributed by atoms with Crippen molar-refractivity contribution in [2.75, 3.05) is 0 Å². The molecule has 3 nitrogen and oxygen atoms in total. The van der Waals surface area contributed by atoms with E-state index in [9.17, 15) is 15.3 Å². The quantitative estimate of drug-likeness (QED) is 0.675. The molecule has 4 rings (SSSR count). The minimum Gasteiger partial charge on any atom is -0.393 e. The van der Waals surface area contributed by atoms with E-state index >= 15 is 0 Å². The average Bonchev–Trinajstić information content (AvgIpc) is 2.84. The highest BCUT2D eigenvalue weighted by molar-refractivity contribution is 5.13. The Kier molecular flexibility index (Phi) is 4.15. The highest BCUT2D eigenvalue weighted by atomic mass is 16.3. The molecule has 4 aliphatic rings. The maximum Gasteiger partial charge on any atom is 0.0622 e. The lowest BCUT2D eigenvalue weighted by atomic mass is 9.43. The Morgan fingerprint density at radius 2 is 1.64 bits per heavy atom. The summed E-state index contributed by atoms with van der Waals surface area (Å²) in [4.78, 5) is 0. The minimum atomic E-state index is -0.518. The Morgan fingerprint density at radius 1 is 0.920 bits per heavy atom. The molecule has 10 atom stereocenters. The fraction of sp³-hybridized carbons (Fsp3) is 1.00. The van der Waals surface area contributed by atoms with Gasteiger partial charge in [-0.3, -0.25) is 0 Å². The molecule has 2 unspecified atom stereocenters. The molecule has 0 aromatic carbocycles. The van der Waals surface area contributed by atoms with Crippen molar-refractivity contribution in [1.82, 2.24) is 0 Å². The highest BCUT2D eigenvalue weighted by Gasteiger charge is 2.63. The smallest absolute Gasteiger partial charge is 0.0622 e. The number of aliphatic hydroxyl groups is 3. The van der Waals surface area contributed by atoms with Crippen molar-refractivity contribution in [3.05, 3.63) is 0 Å². The molecule has 0 saturated heterocycles. The van der Waals surface area contributed by atoms with Gasteiger partial charge in [0.1, 0.15) is 0 Å². The minimum absolute atomic E-state index is 0.0953. The number of rotatable bonds is 1. The third kappa shape index (κ3) is 2.56. The molecule has 4 aliphatic carbocycles. The Morgan fingerprint density at radius 3 is 2.32 bits per heavy atom. The van der Waals surface area contributed by atoms with Crippen LogP contribution in [0.1, 0.15) is 79.1 Å². The summed E-state index contributed by atoms with van der Waals surface area (Å²) < 4.78 is 0. The normalized spacial score (nSPS) is 59.6. The Labute approximate surface area is 153 Å². The maximum absolute atomic E-state index is 11.3. The summed E-state index contributed by atoms with van der Waals surface area (Å²) >= 11 is 0. The van der Waals surface area contributed by atoms with Crippen molar-refractivity contribution in [2.45, 2.75) is 96.9 Å². The van der Waals surface area contributed by atoms with Crippen LogP contribution in [0.3, 0.4) is 0 Å². The summed E-state index contributed by atoms with van der Waals surface area (Å²) in [6.07, 6.45) is 7.89. The van der Waals surface area contributed by atoms with Gasteiger partial charge in [-0.05, 0) is 106 Å². The third-order valence-corrected chi connectivity index (χ3v) is 9.54. The molecule has 0 spiro atoms. The first kappa shape index (κ1) is 18.3. The maximum atomic E-state index is 11.3. The molecule has 3 N–H and O–H groups in total. The van der Waals surface area contributed by atoms with Gasteiger partial charge in [0.2, 0.25) is 0 Å². The van der Waals surface area contributed by atoms with Crippen molar-refractivity contribution >= 4 is 0 Å². The Balaban J connectivity index is 1.65. The molecule has 0 bridgehead atoms. The lowest BCUT2D eigenvalue weighted by Gasteiger charge is -2.63. The number of hydrogen-bond acceptors (Lipinski definition) is 3. The van der Waals surface area contributed by atoms with Crippen molar-refractivity contribution in [3.8, 4) is 0 Å². The van der Waals surface area contributed by atoms with Crippen molar-refractivity contribution in [2.24, 2.45) is 40.4 Å². The zero-order valence-electron chi connectivity index (χ0n) is 16.5. The van der Waals surface area contributed by atoms with Gasteiger partial charge >= 0.3 is 0 Å². The van der Waals surface area contributed by atoms with Crippen LogP contribution in [-0.4, -0.2) is 33.1 Å². The molecule has 0 aromatic rings. The molecule has 4 saturated carbocycles. The molecule has 0 amide bonds. The predicted octanol–water partition coefficient (Wildman–Crippen LogP) is 3.75. The molecular weight excluding hydrogens is 312 g/mol. The monoisotopic (exact) mass is 350 g/mol. The first-order chi connectivity index (χ1) is 11.6. The van der Waals surface area contributed by atoms with E-state index in [0.29, 0.717) is 29.6 Å². The molecular formula is C22H38O3. The van der Waals surface area contributed by atoms with Crippen LogP contribution in [0.4, 0.5) is 0 Å². The topological polar surface area (TPSA) is 60.7 Å². The number of hydrogen-bond donors (Lipinski definition) is 3. The average molecular weight is 351 g/mol. The molecule has 25 heavy (non-hydrogen) atoms. The van der Waals surface area contributed by atoms with E-state index in [-0.39, 0.29) is 23.0 Å². The van der Waals surface area contributed by atoms with E-state index in [2.05, 4.69) is 13.8 Å². The van der Waals surface area contributed by atoms with Crippen LogP contribution in [0.5, 0.6) is 0 Å². The van der Waals surface area contributed by atoms with Gasteiger partial charge in [-0.15, -0.1) is 0 Å². The zero-order chi connectivity index (χ0) is 18.2. The summed E-state index contributed by atoms with van der Waals surface area (Å²) in [7, 11) is 0. The van der Waals surface area contributed by atoms with Gasteiger partial charge in [0.25, 0.3) is 0 Å². The fourth-order valence-corrected chi connectivity index (χ4v) is 8.39. The van der Waals surface area contributed by atoms with Crippen molar-refractivity contribution in [3.63, 3.8) is 0 Å². The SMILES string of the molecule is CC(O)[C@H]1CC[C@H]2[C@@H]3CC[C@H]4C[C@](C)(O)CC[C@]4(C)[C@H]3C(O)C[C@]12C. The van der Waals surface area contributed by atoms with Gasteiger partial charge in [0.05, 0.1) is 17.8 Å². The van der Waals surface area contributed by atoms with Crippen LogP contribution in [0.25, 0.3) is 0 Å². The highest BCUT2D eigenvalue weighted by Crippen LogP contribution is 2.68. The van der Waals surface area contributed by atoms with Crippen LogP contribution in [0, 0.1) is 40.4 Å². The second-order valence-electron chi connectivity index (χ2n) is 11.0. The molecule has 0 aromatic heterocycles. The van der Waals surface area contributed by atoms with E-state index in [1.165, 1.54) is 19.3 Å². The van der Waals surface area contributed by atoms with Crippen LogP contribution in [-0.2, 0) is 0 Å². The third-order valence-electron chi connectivity index (χ3n) is 9.54. The number of aliphatic hydroxyl groups excluding tert-OH is 2. The molecule has 4 fully saturated rings. The number of fused-ring (bicyclic) bond motifs is 5. The Hall–Kier alpha value is -0.120. The zero-order valence-corrected chi connectivity index (χ0v) is 16.5. The summed E-state index contributed by atoms with van der Waals surface area (Å²) in [5.74, 6) is 2.52. The van der Waals surface area contributed by atoms with Gasteiger partial charge < -0.3 is 15.3 Å². The second kappa shape index (κ2) is 5.69. The Bertz CT molecular complexity index is 529. The summed E-state index contributed by atoms with van der Waals surface area (Å²) in [6.45, 7) is 8.70. The van der Waals surface area contributed by atoms with Crippen LogP contribution in [0.2, 0.25) is 0 Å². The van der Waals surface area contributed by atoms with E-state index in [4.69, 9.17) is 0 Å². The molecule has 0 radical (unpaired) electrons. The second-order valence-corrected chi connectivity index (χ2v) is 11.0. The van der Waals surface area contributed by atoms with Crippen molar-refractivity contribution in [1.29, 1.82) is 0 Å². The fourth-order valence-electron chi connectivity index (χ4n) is 8.39. The first-order valence-electron chi connectivity index (χ1n) is 10.7. The molecule has 0 heterocycles. The summed E-state index contributed by atoms with van der Waals surface area (Å²) in [6, 6.07) is 0. The van der Waals surface area contributed by atoms with E-state index < -0.39 is 5.60 Å². The molecule has 144 valence electrons. The van der Waals surface area contributed by atoms with Crippen LogP contribution < -0.4 is 0 Å². The summed E-state index contributed by atoms with van der Waals surface area (Å²) in [5.41, 5.74) is -0.247. The lowest BCUT2D eigenvalue weighted by Crippen LogP contribution is -2.60. The first-order valence-corrected chi connectivity index (χ1v) is 10.7. The van der Waals surface area contributed by atoms with Gasteiger partial charge in [-0.1, -0.05) is 13.8 Å². The summed E-state index contributed by atoms with van der Waals surface area (Å²) in [5, 5.41) is 32.2. The van der Waals surface area contributed by atoms with Gasteiger partial charge in [-0.25, -0.2) is 0 Å². The van der Waals surface area contributed by atoms with E-state index in [1.807, 2.05) is 13.8 Å².